The minimum absolute atomic E-state index is 0.0117. The molecule has 1 aromatic heterocycles. The second-order valence-electron chi connectivity index (χ2n) is 6.02. The van der Waals surface area contributed by atoms with Crippen molar-refractivity contribution in [1.29, 1.82) is 0 Å². The van der Waals surface area contributed by atoms with Crippen molar-refractivity contribution < 1.29 is 13.7 Å². The summed E-state index contributed by atoms with van der Waals surface area (Å²) >= 11 is 0. The third-order valence-electron chi connectivity index (χ3n) is 4.18. The first-order valence-electron chi connectivity index (χ1n) is 7.88. The molecule has 0 bridgehead atoms. The van der Waals surface area contributed by atoms with E-state index in [2.05, 4.69) is 10.1 Å². The molecular formula is C17H20FN3O2. The maximum absolute atomic E-state index is 15.1. The number of hydrogen-bond donors (Lipinski definition) is 0. The summed E-state index contributed by atoms with van der Waals surface area (Å²) in [5, 5.41) is 3.65. The van der Waals surface area contributed by atoms with E-state index in [9.17, 15) is 4.79 Å². The minimum Gasteiger partial charge on any atom is -0.339 e. The summed E-state index contributed by atoms with van der Waals surface area (Å²) < 4.78 is 20.1. The van der Waals surface area contributed by atoms with Crippen LogP contribution in [0.1, 0.15) is 36.5 Å². The van der Waals surface area contributed by atoms with Gasteiger partial charge in [0.15, 0.2) is 5.82 Å². The molecule has 0 saturated carbocycles. The van der Waals surface area contributed by atoms with Crippen LogP contribution in [-0.4, -0.2) is 34.0 Å². The van der Waals surface area contributed by atoms with E-state index in [-0.39, 0.29) is 18.3 Å². The average Bonchev–Trinajstić information content (AvgIpc) is 3.01. The van der Waals surface area contributed by atoms with Crippen molar-refractivity contribution in [3.05, 3.63) is 47.6 Å². The van der Waals surface area contributed by atoms with Crippen molar-refractivity contribution >= 4 is 5.91 Å². The van der Waals surface area contributed by atoms with E-state index in [4.69, 9.17) is 4.52 Å². The lowest BCUT2D eigenvalue weighted by Crippen LogP contribution is -2.46. The van der Waals surface area contributed by atoms with Crippen LogP contribution < -0.4 is 0 Å². The molecule has 0 radical (unpaired) electrons. The van der Waals surface area contributed by atoms with Crippen molar-refractivity contribution in [1.82, 2.24) is 15.0 Å². The predicted octanol–water partition coefficient (Wildman–Crippen LogP) is 2.80. The smallest absolute Gasteiger partial charge is 0.266 e. The first-order valence-corrected chi connectivity index (χ1v) is 7.88. The number of carbonyl (C=O) groups is 1. The molecule has 0 aliphatic carbocycles. The largest absolute Gasteiger partial charge is 0.339 e. The van der Waals surface area contributed by atoms with Gasteiger partial charge in [-0.3, -0.25) is 4.79 Å². The van der Waals surface area contributed by atoms with E-state index in [0.717, 1.165) is 5.56 Å². The van der Waals surface area contributed by atoms with Crippen LogP contribution in [0.2, 0.25) is 0 Å². The quantitative estimate of drug-likeness (QED) is 0.870. The number of carbonyl (C=O) groups excluding carboxylic acids is 1. The van der Waals surface area contributed by atoms with E-state index in [1.807, 2.05) is 30.3 Å². The molecule has 1 fully saturated rings. The third kappa shape index (κ3) is 3.57. The number of halogens is 1. The third-order valence-corrected chi connectivity index (χ3v) is 4.18. The molecule has 5 nitrogen and oxygen atoms in total. The fraction of sp³-hybridized carbons (Fsp3) is 0.471. The van der Waals surface area contributed by atoms with Crippen LogP contribution in [0.25, 0.3) is 0 Å². The van der Waals surface area contributed by atoms with Gasteiger partial charge in [-0.05, 0) is 31.7 Å². The van der Waals surface area contributed by atoms with Gasteiger partial charge in [-0.2, -0.15) is 4.98 Å². The molecule has 2 heterocycles. The molecule has 2 aromatic rings. The highest BCUT2D eigenvalue weighted by atomic mass is 19.1. The number of rotatable bonds is 4. The molecule has 1 unspecified atom stereocenters. The number of alkyl halides is 1. The Balaban J connectivity index is 1.62. The summed E-state index contributed by atoms with van der Waals surface area (Å²) in [6.07, 6.45) is 1.93. The van der Waals surface area contributed by atoms with Crippen molar-refractivity contribution in [2.75, 3.05) is 13.1 Å². The summed E-state index contributed by atoms with van der Waals surface area (Å²) in [7, 11) is 0. The molecule has 0 spiro atoms. The molecule has 0 N–H and O–H groups in total. The number of aromatic nitrogens is 2. The first kappa shape index (κ1) is 15.6. The van der Waals surface area contributed by atoms with E-state index in [0.29, 0.717) is 38.1 Å². The van der Waals surface area contributed by atoms with Gasteiger partial charge in [0.05, 0.1) is 6.54 Å². The van der Waals surface area contributed by atoms with Crippen LogP contribution in [0.5, 0.6) is 0 Å². The Morgan fingerprint density at radius 1 is 1.39 bits per heavy atom. The second kappa shape index (κ2) is 6.48. The fourth-order valence-corrected chi connectivity index (χ4v) is 2.93. The second-order valence-corrected chi connectivity index (χ2v) is 6.02. The van der Waals surface area contributed by atoms with Gasteiger partial charge in [0.1, 0.15) is 0 Å². The normalized spacial score (nSPS) is 21.4. The summed E-state index contributed by atoms with van der Waals surface area (Å²) in [6.45, 7) is 2.22. The average molecular weight is 317 g/mol. The lowest BCUT2D eigenvalue weighted by molar-refractivity contribution is -0.136. The SMILES string of the molecule is Cc1noc(C2(F)CCCN(C(=O)CCc3ccccc3)C2)n1. The van der Waals surface area contributed by atoms with Gasteiger partial charge in [0.2, 0.25) is 11.6 Å². The Kier molecular flexibility index (Phi) is 4.41. The Bertz CT molecular complexity index is 673. The van der Waals surface area contributed by atoms with Crippen molar-refractivity contribution in [2.24, 2.45) is 0 Å². The molecule has 1 aliphatic heterocycles. The Morgan fingerprint density at radius 2 is 2.17 bits per heavy atom. The van der Waals surface area contributed by atoms with Gasteiger partial charge in [0.25, 0.3) is 5.89 Å². The molecule has 6 heteroatoms. The van der Waals surface area contributed by atoms with E-state index < -0.39 is 5.67 Å². The zero-order valence-electron chi connectivity index (χ0n) is 13.2. The lowest BCUT2D eigenvalue weighted by Gasteiger charge is -2.35. The van der Waals surface area contributed by atoms with Gasteiger partial charge >= 0.3 is 0 Å². The summed E-state index contributed by atoms with van der Waals surface area (Å²) in [5.74, 6) is 0.354. The van der Waals surface area contributed by atoms with Crippen molar-refractivity contribution in [2.45, 2.75) is 38.3 Å². The zero-order valence-corrected chi connectivity index (χ0v) is 13.2. The van der Waals surface area contributed by atoms with Gasteiger partial charge in [-0.25, -0.2) is 4.39 Å². The summed E-state index contributed by atoms with van der Waals surface area (Å²) in [5.41, 5.74) is -0.626. The topological polar surface area (TPSA) is 59.2 Å². The molecule has 1 saturated heterocycles. The standard InChI is InChI=1S/C17H20FN3O2/c1-13-19-16(23-20-13)17(18)10-5-11-21(12-17)15(22)9-8-14-6-3-2-4-7-14/h2-4,6-7H,5,8-12H2,1H3. The van der Waals surface area contributed by atoms with E-state index in [1.54, 1.807) is 11.8 Å². The van der Waals surface area contributed by atoms with Crippen LogP contribution in [0.3, 0.4) is 0 Å². The number of benzene rings is 1. The van der Waals surface area contributed by atoms with Crippen LogP contribution in [-0.2, 0) is 16.9 Å². The minimum atomic E-state index is -1.73. The van der Waals surface area contributed by atoms with Gasteiger partial charge in [0, 0.05) is 13.0 Å². The molecule has 1 aliphatic rings. The fourth-order valence-electron chi connectivity index (χ4n) is 2.93. The predicted molar refractivity (Wildman–Crippen MR) is 82.4 cm³/mol. The highest BCUT2D eigenvalue weighted by molar-refractivity contribution is 5.76. The number of amides is 1. The van der Waals surface area contributed by atoms with Crippen LogP contribution in [0.15, 0.2) is 34.9 Å². The Hall–Kier alpha value is -2.24. The molecule has 1 amide bonds. The molecule has 1 aromatic carbocycles. The van der Waals surface area contributed by atoms with Crippen LogP contribution >= 0.6 is 0 Å². The highest BCUT2D eigenvalue weighted by Crippen LogP contribution is 2.34. The number of aryl methyl sites for hydroxylation is 2. The molecular weight excluding hydrogens is 297 g/mol. The van der Waals surface area contributed by atoms with Crippen molar-refractivity contribution in [3.8, 4) is 0 Å². The molecule has 23 heavy (non-hydrogen) atoms. The van der Waals surface area contributed by atoms with Gasteiger partial charge in [-0.1, -0.05) is 35.5 Å². The molecule has 122 valence electrons. The van der Waals surface area contributed by atoms with Gasteiger partial charge < -0.3 is 9.42 Å². The Morgan fingerprint density at radius 3 is 2.87 bits per heavy atom. The van der Waals surface area contributed by atoms with E-state index >= 15 is 4.39 Å². The van der Waals surface area contributed by atoms with Crippen LogP contribution in [0.4, 0.5) is 4.39 Å². The first-order chi connectivity index (χ1) is 11.1. The maximum atomic E-state index is 15.1. The highest BCUT2D eigenvalue weighted by Gasteiger charge is 2.43. The summed E-state index contributed by atoms with van der Waals surface area (Å²) in [4.78, 5) is 18.0. The summed E-state index contributed by atoms with van der Waals surface area (Å²) in [6, 6.07) is 9.82. The van der Waals surface area contributed by atoms with Gasteiger partial charge in [-0.15, -0.1) is 0 Å². The number of hydrogen-bond acceptors (Lipinski definition) is 4. The van der Waals surface area contributed by atoms with Crippen LogP contribution in [0, 0.1) is 6.92 Å². The zero-order chi connectivity index (χ0) is 16.3. The number of piperidine rings is 1. The Labute approximate surface area is 134 Å². The monoisotopic (exact) mass is 317 g/mol. The van der Waals surface area contributed by atoms with Crippen molar-refractivity contribution in [3.63, 3.8) is 0 Å². The molecule has 3 rings (SSSR count). The molecule has 1 atom stereocenters. The number of nitrogens with zero attached hydrogens (tertiary/aromatic N) is 3. The maximum Gasteiger partial charge on any atom is 0.266 e. The number of likely N-dealkylation sites (tertiary alicyclic amines) is 1. The lowest BCUT2D eigenvalue weighted by atomic mass is 9.94. The van der Waals surface area contributed by atoms with E-state index in [1.165, 1.54) is 0 Å².